The highest BCUT2D eigenvalue weighted by molar-refractivity contribution is 14.1. The van der Waals surface area contributed by atoms with Crippen LogP contribution in [-0.2, 0) is 0 Å². The zero-order valence-electron chi connectivity index (χ0n) is 5.17. The summed E-state index contributed by atoms with van der Waals surface area (Å²) in [5, 5.41) is 0. The van der Waals surface area contributed by atoms with Crippen molar-refractivity contribution < 1.29 is 4.79 Å². The lowest BCUT2D eigenvalue weighted by molar-refractivity contribution is 0.108. The maximum Gasteiger partial charge on any atom is 0.175 e. The standard InChI is InChI=1S/C7H4BIO/c8-7(10)5-3-1-2-4-6(5)9/h1-4H. The molecule has 0 heterocycles. The molecule has 0 aliphatic carbocycles. The van der Waals surface area contributed by atoms with Gasteiger partial charge < -0.3 is 4.79 Å². The molecule has 0 aliphatic rings. The van der Waals surface area contributed by atoms with Crippen molar-refractivity contribution in [1.29, 1.82) is 0 Å². The van der Waals surface area contributed by atoms with Gasteiger partial charge in [-0.25, -0.2) is 0 Å². The van der Waals surface area contributed by atoms with E-state index in [-0.39, 0.29) is 5.68 Å². The summed E-state index contributed by atoms with van der Waals surface area (Å²) in [6.45, 7) is 0. The molecule has 0 saturated carbocycles. The van der Waals surface area contributed by atoms with Crippen LogP contribution in [0.15, 0.2) is 24.3 Å². The lowest BCUT2D eigenvalue weighted by Gasteiger charge is -1.96. The van der Waals surface area contributed by atoms with Crippen LogP contribution >= 0.6 is 22.6 Å². The van der Waals surface area contributed by atoms with Gasteiger partial charge in [-0.1, -0.05) is 18.2 Å². The molecule has 0 amide bonds. The fourth-order valence-electron chi connectivity index (χ4n) is 0.661. The first-order chi connectivity index (χ1) is 4.72. The van der Waals surface area contributed by atoms with Crippen molar-refractivity contribution in [2.75, 3.05) is 0 Å². The molecule has 0 spiro atoms. The fourth-order valence-corrected chi connectivity index (χ4v) is 1.31. The molecule has 0 fully saturated rings. The molecule has 1 aromatic rings. The summed E-state index contributed by atoms with van der Waals surface area (Å²) in [6.07, 6.45) is 0. The molecule has 10 heavy (non-hydrogen) atoms. The Hall–Kier alpha value is -0.315. The fraction of sp³-hybridized carbons (Fsp3) is 0. The summed E-state index contributed by atoms with van der Waals surface area (Å²) in [7, 11) is 5.07. The number of carbonyl (C=O) groups excluding carboxylic acids is 1. The van der Waals surface area contributed by atoms with Gasteiger partial charge in [0, 0.05) is 9.13 Å². The second-order valence-electron chi connectivity index (χ2n) is 1.84. The average Bonchev–Trinajstić information content (AvgIpc) is 1.88. The van der Waals surface area contributed by atoms with Crippen LogP contribution in [0.5, 0.6) is 0 Å². The quantitative estimate of drug-likeness (QED) is 0.539. The van der Waals surface area contributed by atoms with Crippen molar-refractivity contribution in [2.24, 2.45) is 0 Å². The predicted molar refractivity (Wildman–Crippen MR) is 49.2 cm³/mol. The molecule has 1 aromatic carbocycles. The number of halogens is 1. The summed E-state index contributed by atoms with van der Waals surface area (Å²) < 4.78 is 0.896. The number of rotatable bonds is 1. The van der Waals surface area contributed by atoms with E-state index in [2.05, 4.69) is 22.6 Å². The van der Waals surface area contributed by atoms with Crippen molar-refractivity contribution in [2.45, 2.75) is 0 Å². The average molecular weight is 242 g/mol. The van der Waals surface area contributed by atoms with Gasteiger partial charge in [-0.15, -0.1) is 0 Å². The highest BCUT2D eigenvalue weighted by atomic mass is 127. The molecule has 1 nitrogen and oxygen atoms in total. The Balaban J connectivity index is 3.15. The summed E-state index contributed by atoms with van der Waals surface area (Å²) in [6, 6.07) is 7.22. The van der Waals surface area contributed by atoms with Crippen LogP contribution in [-0.4, -0.2) is 13.5 Å². The zero-order chi connectivity index (χ0) is 7.56. The second kappa shape index (κ2) is 3.19. The summed E-state index contributed by atoms with van der Waals surface area (Å²) in [5.74, 6) is 0. The van der Waals surface area contributed by atoms with E-state index >= 15 is 0 Å². The number of hydrogen-bond donors (Lipinski definition) is 0. The van der Waals surface area contributed by atoms with Crippen LogP contribution in [0.4, 0.5) is 0 Å². The Labute approximate surface area is 74.4 Å². The Bertz CT molecular complexity index is 260. The first-order valence-corrected chi connectivity index (χ1v) is 3.84. The third kappa shape index (κ3) is 1.59. The molecule has 0 atom stereocenters. The smallest absolute Gasteiger partial charge is 0.175 e. The molecule has 0 aliphatic heterocycles. The van der Waals surface area contributed by atoms with E-state index in [1.807, 2.05) is 12.1 Å². The van der Waals surface area contributed by atoms with E-state index in [1.54, 1.807) is 12.1 Å². The molecule has 0 N–H and O–H groups in total. The van der Waals surface area contributed by atoms with Gasteiger partial charge in [0.2, 0.25) is 0 Å². The number of carbonyl (C=O) groups is 1. The predicted octanol–water partition coefficient (Wildman–Crippen LogP) is 1.60. The molecule has 48 valence electrons. The molecule has 0 saturated heterocycles. The molecule has 3 heteroatoms. The molecule has 1 rings (SSSR count). The highest BCUT2D eigenvalue weighted by Crippen LogP contribution is 2.10. The van der Waals surface area contributed by atoms with Crippen molar-refractivity contribution in [1.82, 2.24) is 0 Å². The van der Waals surface area contributed by atoms with E-state index in [0.29, 0.717) is 5.56 Å². The van der Waals surface area contributed by atoms with Crippen LogP contribution < -0.4 is 0 Å². The monoisotopic (exact) mass is 242 g/mol. The molecule has 2 radical (unpaired) electrons. The summed E-state index contributed by atoms with van der Waals surface area (Å²) in [4.78, 5) is 10.6. The first-order valence-electron chi connectivity index (χ1n) is 2.76. The molecule has 0 unspecified atom stereocenters. The van der Waals surface area contributed by atoms with Crippen LogP contribution in [0.2, 0.25) is 0 Å². The van der Waals surface area contributed by atoms with E-state index in [1.165, 1.54) is 0 Å². The number of benzene rings is 1. The maximum atomic E-state index is 10.6. The van der Waals surface area contributed by atoms with Gasteiger partial charge >= 0.3 is 0 Å². The zero-order valence-corrected chi connectivity index (χ0v) is 7.33. The van der Waals surface area contributed by atoms with Gasteiger partial charge in [-0.2, -0.15) is 0 Å². The van der Waals surface area contributed by atoms with E-state index < -0.39 is 0 Å². The molecule has 0 bridgehead atoms. The largest absolute Gasteiger partial charge is 0.307 e. The van der Waals surface area contributed by atoms with Gasteiger partial charge in [0.15, 0.2) is 7.85 Å². The lowest BCUT2D eigenvalue weighted by atomic mass is 9.95. The van der Waals surface area contributed by atoms with E-state index in [4.69, 9.17) is 7.85 Å². The van der Waals surface area contributed by atoms with Crippen molar-refractivity contribution in [3.8, 4) is 0 Å². The molecule has 0 aromatic heterocycles. The Morgan fingerprint density at radius 1 is 1.40 bits per heavy atom. The normalized spacial score (nSPS) is 9.30. The topological polar surface area (TPSA) is 17.1 Å². The van der Waals surface area contributed by atoms with Crippen molar-refractivity contribution in [3.63, 3.8) is 0 Å². The Kier molecular flexibility index (Phi) is 2.48. The van der Waals surface area contributed by atoms with Gasteiger partial charge in [0.1, 0.15) is 5.68 Å². The van der Waals surface area contributed by atoms with Gasteiger partial charge in [0.05, 0.1) is 0 Å². The van der Waals surface area contributed by atoms with Crippen LogP contribution in [0, 0.1) is 3.57 Å². The molecular weight excluding hydrogens is 238 g/mol. The van der Waals surface area contributed by atoms with Crippen molar-refractivity contribution in [3.05, 3.63) is 33.4 Å². The second-order valence-corrected chi connectivity index (χ2v) is 3.01. The summed E-state index contributed by atoms with van der Waals surface area (Å²) in [5.41, 5.74) is 0.216. The molecular formula is C7H4BIO. The van der Waals surface area contributed by atoms with Crippen molar-refractivity contribution >= 4 is 36.1 Å². The van der Waals surface area contributed by atoms with Gasteiger partial charge in [0.25, 0.3) is 0 Å². The van der Waals surface area contributed by atoms with E-state index in [0.717, 1.165) is 3.57 Å². The lowest BCUT2D eigenvalue weighted by Crippen LogP contribution is -1.99. The first kappa shape index (κ1) is 7.79. The summed E-state index contributed by atoms with van der Waals surface area (Å²) >= 11 is 2.07. The highest BCUT2D eigenvalue weighted by Gasteiger charge is 2.00. The van der Waals surface area contributed by atoms with Gasteiger partial charge in [-0.3, -0.25) is 0 Å². The third-order valence-electron chi connectivity index (χ3n) is 1.14. The van der Waals surface area contributed by atoms with Crippen LogP contribution in [0.25, 0.3) is 0 Å². The third-order valence-corrected chi connectivity index (χ3v) is 2.08. The van der Waals surface area contributed by atoms with Crippen LogP contribution in [0.1, 0.15) is 10.4 Å². The van der Waals surface area contributed by atoms with E-state index in [9.17, 15) is 4.79 Å². The number of hydrogen-bond acceptors (Lipinski definition) is 1. The minimum absolute atomic E-state index is 0.370. The minimum atomic E-state index is -0.370. The Morgan fingerprint density at radius 2 is 2.00 bits per heavy atom. The minimum Gasteiger partial charge on any atom is -0.307 e. The van der Waals surface area contributed by atoms with Gasteiger partial charge in [-0.05, 0) is 28.7 Å². The van der Waals surface area contributed by atoms with Crippen LogP contribution in [0.3, 0.4) is 0 Å². The SMILES string of the molecule is [B]C(=O)c1ccccc1I. The maximum absolute atomic E-state index is 10.6. The Morgan fingerprint density at radius 3 is 2.40 bits per heavy atom.